The van der Waals surface area contributed by atoms with E-state index in [1.807, 2.05) is 6.08 Å². The van der Waals surface area contributed by atoms with Crippen molar-refractivity contribution in [1.82, 2.24) is 16.0 Å². The Labute approximate surface area is 223 Å². The molecule has 2 unspecified atom stereocenters. The van der Waals surface area contributed by atoms with Gasteiger partial charge in [0.25, 0.3) is 0 Å². The summed E-state index contributed by atoms with van der Waals surface area (Å²) < 4.78 is 17.9. The fourth-order valence-electron chi connectivity index (χ4n) is 5.73. The quantitative estimate of drug-likeness (QED) is 0.104. The first kappa shape index (κ1) is 31.1. The predicted octanol–water partition coefficient (Wildman–Crippen LogP) is -4.45. The highest BCUT2D eigenvalue weighted by Crippen LogP contribution is 2.36. The monoisotopic (exact) mass is 546 g/mol. The first-order chi connectivity index (χ1) is 18.0. The molecule has 14 heteroatoms. The molecule has 3 rings (SSSR count). The van der Waals surface area contributed by atoms with Gasteiger partial charge in [-0.05, 0) is 45.9 Å². The average Bonchev–Trinajstić information content (AvgIpc) is 2.85. The number of aliphatic hydroxyl groups excluding tert-OH is 3. The Bertz CT molecular complexity index is 791. The lowest BCUT2D eigenvalue weighted by molar-refractivity contribution is -0.297. The van der Waals surface area contributed by atoms with E-state index in [4.69, 9.17) is 31.4 Å². The van der Waals surface area contributed by atoms with Crippen LogP contribution in [0.3, 0.4) is 0 Å². The second kappa shape index (κ2) is 13.8. The molecule has 2 heterocycles. The van der Waals surface area contributed by atoms with Crippen LogP contribution in [0.15, 0.2) is 11.8 Å². The molecular weight excluding hydrogens is 500 g/mol. The third-order valence-electron chi connectivity index (χ3n) is 7.75. The number of amides is 1. The van der Waals surface area contributed by atoms with Crippen molar-refractivity contribution in [2.45, 2.75) is 92.8 Å². The van der Waals surface area contributed by atoms with E-state index in [2.05, 4.69) is 16.0 Å². The molecule has 2 aliphatic heterocycles. The van der Waals surface area contributed by atoms with E-state index in [0.29, 0.717) is 44.6 Å². The number of likely N-dealkylation sites (N-methyl/N-ethyl adjacent to an activating group) is 1. The minimum atomic E-state index is -1.34. The number of nitrogens with two attached hydrogens (primary N) is 3. The summed E-state index contributed by atoms with van der Waals surface area (Å²) in [6, 6.07) is -2.46. The van der Waals surface area contributed by atoms with E-state index in [1.165, 1.54) is 6.92 Å². The zero-order valence-electron chi connectivity index (χ0n) is 22.1. The summed E-state index contributed by atoms with van der Waals surface area (Å²) in [5.74, 6) is -0.0399. The first-order valence-electron chi connectivity index (χ1n) is 13.2. The molecule has 0 radical (unpaired) electrons. The summed E-state index contributed by atoms with van der Waals surface area (Å²) in [4.78, 5) is 11.3. The lowest BCUT2D eigenvalue weighted by atomic mass is 9.72. The number of hydrogen-bond donors (Lipinski definition) is 10. The molecule has 0 aromatic heterocycles. The van der Waals surface area contributed by atoms with Crippen molar-refractivity contribution >= 4 is 6.41 Å². The van der Waals surface area contributed by atoms with Crippen molar-refractivity contribution in [2.75, 3.05) is 33.3 Å². The van der Waals surface area contributed by atoms with Crippen LogP contribution < -0.4 is 33.2 Å². The second-order valence-electron chi connectivity index (χ2n) is 10.8. The Hall–Kier alpha value is -1.43. The number of aliphatic hydroxyl groups is 4. The molecule has 1 saturated heterocycles. The SMILES string of the molecule is CN[C@@H]1[C@@H](O)[C@@H](O[C@H]2[C@H](NC=O)C[C@H](N)C([C@H]3OC(CNCC(O)CCN)=CC[C@H]3N)[C@@H]2O)OC[C@]1(C)O. The zero-order chi connectivity index (χ0) is 28.0. The Morgan fingerprint density at radius 1 is 1.29 bits per heavy atom. The highest BCUT2D eigenvalue weighted by molar-refractivity contribution is 5.47. The van der Waals surface area contributed by atoms with Gasteiger partial charge >= 0.3 is 0 Å². The van der Waals surface area contributed by atoms with Crippen molar-refractivity contribution in [3.05, 3.63) is 11.8 Å². The number of ether oxygens (including phenoxy) is 3. The molecule has 0 spiro atoms. The summed E-state index contributed by atoms with van der Waals surface area (Å²) >= 11 is 0. The Morgan fingerprint density at radius 2 is 2.03 bits per heavy atom. The van der Waals surface area contributed by atoms with Crippen LogP contribution in [0, 0.1) is 5.92 Å². The van der Waals surface area contributed by atoms with Gasteiger partial charge in [0.1, 0.15) is 29.7 Å². The van der Waals surface area contributed by atoms with Gasteiger partial charge in [-0.25, -0.2) is 0 Å². The minimum absolute atomic E-state index is 0.116. The fourth-order valence-corrected chi connectivity index (χ4v) is 5.73. The smallest absolute Gasteiger partial charge is 0.207 e. The van der Waals surface area contributed by atoms with Crippen LogP contribution in [-0.2, 0) is 19.0 Å². The van der Waals surface area contributed by atoms with Gasteiger partial charge < -0.3 is 67.8 Å². The molecule has 1 aliphatic carbocycles. The lowest BCUT2D eigenvalue weighted by Crippen LogP contribution is -2.69. The van der Waals surface area contributed by atoms with Crippen LogP contribution in [-0.4, -0.2) is 127 Å². The van der Waals surface area contributed by atoms with E-state index in [-0.39, 0.29) is 13.0 Å². The molecule has 1 saturated carbocycles. The standard InChI is InChI=1S/C24H46N6O8/c1-24(35)10-36-23(19(34)22(24)28-2)38-21-16(30-11-31)7-15(27)17(18(21)33)20-14(26)4-3-13(37-20)9-29-8-12(32)5-6-25/h3,11-12,14-23,28-29,32-35H,4-10,25-27H2,1-2H3,(H,30,31)/t12?,14-,15+,16-,17?,18+,19-,20+,21+,22-,23-,24+/m1/s1. The Balaban J connectivity index is 1.73. The van der Waals surface area contributed by atoms with E-state index in [0.717, 1.165) is 0 Å². The zero-order valence-corrected chi connectivity index (χ0v) is 22.1. The third kappa shape index (κ3) is 7.20. The van der Waals surface area contributed by atoms with Gasteiger partial charge in [-0.1, -0.05) is 0 Å². The highest BCUT2D eigenvalue weighted by Gasteiger charge is 2.53. The molecule has 0 aromatic rings. The maximum absolute atomic E-state index is 11.5. The van der Waals surface area contributed by atoms with E-state index < -0.39 is 72.5 Å². The van der Waals surface area contributed by atoms with Gasteiger partial charge in [0, 0.05) is 24.5 Å². The maximum Gasteiger partial charge on any atom is 0.207 e. The Kier molecular flexibility index (Phi) is 11.3. The number of carbonyl (C=O) groups is 1. The van der Waals surface area contributed by atoms with Crippen LogP contribution in [0.1, 0.15) is 26.2 Å². The minimum Gasteiger partial charge on any atom is -0.492 e. The predicted molar refractivity (Wildman–Crippen MR) is 137 cm³/mol. The van der Waals surface area contributed by atoms with Gasteiger partial charge in [0.05, 0.1) is 37.4 Å². The molecule has 14 nitrogen and oxygen atoms in total. The van der Waals surface area contributed by atoms with E-state index in [9.17, 15) is 25.2 Å². The van der Waals surface area contributed by atoms with Gasteiger partial charge in [0.2, 0.25) is 6.41 Å². The van der Waals surface area contributed by atoms with Gasteiger partial charge in [-0.2, -0.15) is 0 Å². The van der Waals surface area contributed by atoms with E-state index >= 15 is 0 Å². The van der Waals surface area contributed by atoms with Crippen molar-refractivity contribution in [3.8, 4) is 0 Å². The molecule has 1 amide bonds. The molecule has 0 aromatic carbocycles. The van der Waals surface area contributed by atoms with Crippen LogP contribution in [0.5, 0.6) is 0 Å². The number of hydrogen-bond acceptors (Lipinski definition) is 13. The van der Waals surface area contributed by atoms with Crippen molar-refractivity contribution in [2.24, 2.45) is 23.1 Å². The number of rotatable bonds is 12. The van der Waals surface area contributed by atoms with Crippen LogP contribution in [0.25, 0.3) is 0 Å². The summed E-state index contributed by atoms with van der Waals surface area (Å²) in [5.41, 5.74) is 17.0. The summed E-state index contributed by atoms with van der Waals surface area (Å²) in [6.45, 7) is 2.51. The highest BCUT2D eigenvalue weighted by atomic mass is 16.7. The summed E-state index contributed by atoms with van der Waals surface area (Å²) in [7, 11) is 1.60. The second-order valence-corrected chi connectivity index (χ2v) is 10.8. The Morgan fingerprint density at radius 3 is 2.68 bits per heavy atom. The van der Waals surface area contributed by atoms with Gasteiger partial charge in [-0.15, -0.1) is 0 Å². The molecule has 38 heavy (non-hydrogen) atoms. The van der Waals surface area contributed by atoms with Crippen LogP contribution in [0.2, 0.25) is 0 Å². The molecule has 12 atom stereocenters. The normalized spacial score (nSPS) is 42.6. The third-order valence-corrected chi connectivity index (χ3v) is 7.75. The number of carbonyl (C=O) groups excluding carboxylic acids is 1. The molecule has 3 aliphatic rings. The molecule has 0 bridgehead atoms. The fraction of sp³-hybridized carbons (Fsp3) is 0.875. The largest absolute Gasteiger partial charge is 0.492 e. The lowest BCUT2D eigenvalue weighted by Gasteiger charge is -2.50. The number of nitrogens with one attached hydrogen (secondary N) is 3. The topological polar surface area (TPSA) is 240 Å². The van der Waals surface area contributed by atoms with Crippen LogP contribution in [0.4, 0.5) is 0 Å². The summed E-state index contributed by atoms with van der Waals surface area (Å²) in [5, 5.41) is 51.5. The van der Waals surface area contributed by atoms with Crippen molar-refractivity contribution < 1.29 is 39.4 Å². The van der Waals surface area contributed by atoms with Crippen LogP contribution >= 0.6 is 0 Å². The molecule has 13 N–H and O–H groups in total. The maximum atomic E-state index is 11.5. The van der Waals surface area contributed by atoms with E-state index in [1.54, 1.807) is 7.05 Å². The van der Waals surface area contributed by atoms with Crippen molar-refractivity contribution in [3.63, 3.8) is 0 Å². The van der Waals surface area contributed by atoms with Crippen molar-refractivity contribution in [1.29, 1.82) is 0 Å². The average molecular weight is 547 g/mol. The molecule has 220 valence electrons. The van der Waals surface area contributed by atoms with Gasteiger partial charge in [0.15, 0.2) is 6.29 Å². The van der Waals surface area contributed by atoms with Gasteiger partial charge in [-0.3, -0.25) is 4.79 Å². The summed E-state index contributed by atoms with van der Waals surface area (Å²) in [6.07, 6.45) is -2.28. The molecular formula is C24H46N6O8. The first-order valence-corrected chi connectivity index (χ1v) is 13.2. The molecule has 2 fully saturated rings.